The minimum absolute atomic E-state index is 0.157. The number of aliphatic carboxylic acids is 1. The van der Waals surface area contributed by atoms with Crippen LogP contribution in [0.25, 0.3) is 0 Å². The topological polar surface area (TPSA) is 92.4 Å². The van der Waals surface area contributed by atoms with Crippen LogP contribution in [0.3, 0.4) is 0 Å². The Balaban J connectivity index is 2.72. The van der Waals surface area contributed by atoms with Crippen molar-refractivity contribution in [2.75, 3.05) is 6.54 Å². The van der Waals surface area contributed by atoms with E-state index in [0.717, 1.165) is 6.07 Å². The van der Waals surface area contributed by atoms with Gasteiger partial charge in [-0.1, -0.05) is 6.92 Å². The quantitative estimate of drug-likeness (QED) is 0.714. The van der Waals surface area contributed by atoms with Gasteiger partial charge in [0.1, 0.15) is 11.9 Å². The molecule has 1 amide bonds. The third-order valence-corrected chi connectivity index (χ3v) is 2.43. The predicted molar refractivity (Wildman–Crippen MR) is 63.7 cm³/mol. The Morgan fingerprint density at radius 3 is 2.67 bits per heavy atom. The van der Waals surface area contributed by atoms with Gasteiger partial charge in [0.05, 0.1) is 0 Å². The summed E-state index contributed by atoms with van der Waals surface area (Å²) >= 11 is 0. The Hall–Kier alpha value is -1.95. The molecule has 0 aliphatic heterocycles. The molecule has 0 aliphatic carbocycles. The number of nitrogens with two attached hydrogens (primary N) is 1. The van der Waals surface area contributed by atoms with Crippen molar-refractivity contribution in [3.63, 3.8) is 0 Å². The van der Waals surface area contributed by atoms with Gasteiger partial charge in [0.15, 0.2) is 0 Å². The maximum Gasteiger partial charge on any atom is 0.322 e. The second-order valence-electron chi connectivity index (χ2n) is 3.86. The summed E-state index contributed by atoms with van der Waals surface area (Å²) in [5.74, 6) is -2.24. The maximum absolute atomic E-state index is 13.2. The highest BCUT2D eigenvalue weighted by Crippen LogP contribution is 2.09. The number of rotatable bonds is 5. The van der Waals surface area contributed by atoms with Gasteiger partial charge in [-0.05, 0) is 30.2 Å². The van der Waals surface area contributed by atoms with Crippen LogP contribution < -0.4 is 11.1 Å². The summed E-state index contributed by atoms with van der Waals surface area (Å²) in [6.07, 6.45) is 0.604. The Kier molecular flexibility index (Phi) is 4.79. The number of aryl methyl sites for hydroxylation is 1. The normalized spacial score (nSPS) is 11.9. The van der Waals surface area contributed by atoms with Crippen LogP contribution in [0.2, 0.25) is 0 Å². The third kappa shape index (κ3) is 3.81. The standard InChI is InChI=1S/C12H15FN2O3/c1-2-7-3-8(5-9(13)4-7)11(16)15-6-10(14)12(17)18/h3-5,10H,2,6,14H2,1H3,(H,15,16)(H,17,18)/t10-/m1/s1. The molecule has 0 aliphatic rings. The van der Waals surface area contributed by atoms with Crippen LogP contribution in [0.5, 0.6) is 0 Å². The second-order valence-corrected chi connectivity index (χ2v) is 3.86. The molecule has 18 heavy (non-hydrogen) atoms. The van der Waals surface area contributed by atoms with E-state index in [1.165, 1.54) is 6.07 Å². The number of hydrogen-bond acceptors (Lipinski definition) is 3. The van der Waals surface area contributed by atoms with Crippen molar-refractivity contribution in [2.24, 2.45) is 5.73 Å². The van der Waals surface area contributed by atoms with Crippen molar-refractivity contribution >= 4 is 11.9 Å². The molecule has 0 spiro atoms. The lowest BCUT2D eigenvalue weighted by atomic mass is 10.1. The molecule has 0 aromatic heterocycles. The first-order chi connectivity index (χ1) is 8.43. The summed E-state index contributed by atoms with van der Waals surface area (Å²) < 4.78 is 13.2. The van der Waals surface area contributed by atoms with Crippen molar-refractivity contribution in [2.45, 2.75) is 19.4 Å². The Morgan fingerprint density at radius 2 is 2.11 bits per heavy atom. The van der Waals surface area contributed by atoms with E-state index in [0.29, 0.717) is 12.0 Å². The number of carboxylic acids is 1. The molecule has 0 bridgehead atoms. The van der Waals surface area contributed by atoms with Gasteiger partial charge in [0.25, 0.3) is 5.91 Å². The second kappa shape index (κ2) is 6.11. The van der Waals surface area contributed by atoms with Crippen LogP contribution in [-0.2, 0) is 11.2 Å². The fraction of sp³-hybridized carbons (Fsp3) is 0.333. The number of carbonyl (C=O) groups excluding carboxylic acids is 1. The molecule has 1 rings (SSSR count). The van der Waals surface area contributed by atoms with Gasteiger partial charge in [0.2, 0.25) is 0 Å². The highest BCUT2D eigenvalue weighted by atomic mass is 19.1. The molecule has 0 saturated heterocycles. The van der Waals surface area contributed by atoms with Crippen molar-refractivity contribution < 1.29 is 19.1 Å². The summed E-state index contributed by atoms with van der Waals surface area (Å²) in [7, 11) is 0. The minimum Gasteiger partial charge on any atom is -0.480 e. The van der Waals surface area contributed by atoms with E-state index in [2.05, 4.69) is 5.32 Å². The van der Waals surface area contributed by atoms with Gasteiger partial charge < -0.3 is 16.2 Å². The molecule has 0 fully saturated rings. The van der Waals surface area contributed by atoms with Crippen LogP contribution in [0.15, 0.2) is 18.2 Å². The lowest BCUT2D eigenvalue weighted by Crippen LogP contribution is -2.42. The Bertz CT molecular complexity index is 463. The number of hydrogen-bond donors (Lipinski definition) is 3. The lowest BCUT2D eigenvalue weighted by Gasteiger charge is -2.09. The summed E-state index contributed by atoms with van der Waals surface area (Å²) in [5, 5.41) is 10.9. The van der Waals surface area contributed by atoms with Crippen molar-refractivity contribution in [3.8, 4) is 0 Å². The zero-order valence-corrected chi connectivity index (χ0v) is 9.94. The molecule has 0 saturated carbocycles. The molecule has 1 aromatic carbocycles. The van der Waals surface area contributed by atoms with Crippen LogP contribution in [0.4, 0.5) is 4.39 Å². The lowest BCUT2D eigenvalue weighted by molar-refractivity contribution is -0.138. The molecular weight excluding hydrogens is 239 g/mol. The summed E-state index contributed by atoms with van der Waals surface area (Å²) in [6.45, 7) is 1.64. The van der Waals surface area contributed by atoms with E-state index < -0.39 is 23.7 Å². The number of nitrogens with one attached hydrogen (secondary N) is 1. The van der Waals surface area contributed by atoms with E-state index in [-0.39, 0.29) is 12.1 Å². The van der Waals surface area contributed by atoms with Gasteiger partial charge in [-0.25, -0.2) is 4.39 Å². The number of carbonyl (C=O) groups is 2. The molecule has 4 N–H and O–H groups in total. The Labute approximate surface area is 104 Å². The zero-order valence-electron chi connectivity index (χ0n) is 9.94. The molecular formula is C12H15FN2O3. The number of amides is 1. The fourth-order valence-electron chi connectivity index (χ4n) is 1.38. The van der Waals surface area contributed by atoms with E-state index in [4.69, 9.17) is 10.8 Å². The van der Waals surface area contributed by atoms with Gasteiger partial charge in [-0.15, -0.1) is 0 Å². The fourth-order valence-corrected chi connectivity index (χ4v) is 1.38. The molecule has 0 heterocycles. The van der Waals surface area contributed by atoms with E-state index in [9.17, 15) is 14.0 Å². The third-order valence-electron chi connectivity index (χ3n) is 2.43. The van der Waals surface area contributed by atoms with E-state index >= 15 is 0 Å². The van der Waals surface area contributed by atoms with Crippen molar-refractivity contribution in [1.29, 1.82) is 0 Å². The molecule has 0 unspecified atom stereocenters. The first-order valence-electron chi connectivity index (χ1n) is 5.50. The monoisotopic (exact) mass is 254 g/mol. The number of halogens is 1. The van der Waals surface area contributed by atoms with Crippen molar-refractivity contribution in [1.82, 2.24) is 5.32 Å². The van der Waals surface area contributed by atoms with Gasteiger partial charge in [-0.3, -0.25) is 9.59 Å². The Morgan fingerprint density at radius 1 is 1.44 bits per heavy atom. The summed E-state index contributed by atoms with van der Waals surface area (Å²) in [6, 6.07) is 2.83. The first kappa shape index (κ1) is 14.1. The molecule has 1 atom stereocenters. The van der Waals surface area contributed by atoms with E-state index in [1.54, 1.807) is 6.07 Å². The average molecular weight is 254 g/mol. The van der Waals surface area contributed by atoms with E-state index in [1.807, 2.05) is 6.92 Å². The van der Waals surface area contributed by atoms with Crippen LogP contribution in [0, 0.1) is 5.82 Å². The molecule has 0 radical (unpaired) electrons. The molecule has 1 aromatic rings. The van der Waals surface area contributed by atoms with Crippen molar-refractivity contribution in [3.05, 3.63) is 35.1 Å². The smallest absolute Gasteiger partial charge is 0.322 e. The van der Waals surface area contributed by atoms with Crippen LogP contribution >= 0.6 is 0 Å². The largest absolute Gasteiger partial charge is 0.480 e. The maximum atomic E-state index is 13.2. The zero-order chi connectivity index (χ0) is 13.7. The van der Waals surface area contributed by atoms with Gasteiger partial charge in [-0.2, -0.15) is 0 Å². The number of benzene rings is 1. The van der Waals surface area contributed by atoms with Crippen LogP contribution in [-0.4, -0.2) is 29.6 Å². The first-order valence-corrected chi connectivity index (χ1v) is 5.50. The SMILES string of the molecule is CCc1cc(F)cc(C(=O)NC[C@@H](N)C(=O)O)c1. The number of carboxylic acid groups (broad SMARTS) is 1. The molecule has 6 heteroatoms. The van der Waals surface area contributed by atoms with Gasteiger partial charge in [0, 0.05) is 12.1 Å². The van der Waals surface area contributed by atoms with Crippen LogP contribution in [0.1, 0.15) is 22.8 Å². The van der Waals surface area contributed by atoms with Gasteiger partial charge >= 0.3 is 5.97 Å². The average Bonchev–Trinajstić information content (AvgIpc) is 2.34. The minimum atomic E-state index is -1.20. The summed E-state index contributed by atoms with van der Waals surface area (Å²) in [5.41, 5.74) is 6.09. The highest BCUT2D eigenvalue weighted by molar-refractivity contribution is 5.94. The molecule has 98 valence electrons. The summed E-state index contributed by atoms with van der Waals surface area (Å²) in [4.78, 5) is 22.1. The predicted octanol–water partition coefficient (Wildman–Crippen LogP) is 0.530. The highest BCUT2D eigenvalue weighted by Gasteiger charge is 2.14. The molecule has 5 nitrogen and oxygen atoms in total.